The molecule has 1 aromatic heterocycles. The first-order chi connectivity index (χ1) is 8.31. The summed E-state index contributed by atoms with van der Waals surface area (Å²) in [4.78, 5) is 0. The zero-order valence-electron chi connectivity index (χ0n) is 9.83. The van der Waals surface area contributed by atoms with Gasteiger partial charge in [-0.05, 0) is 25.3 Å². The van der Waals surface area contributed by atoms with Crippen molar-refractivity contribution in [2.45, 2.75) is 50.2 Å². The van der Waals surface area contributed by atoms with E-state index in [1.807, 2.05) is 12.3 Å². The molecule has 2 N–H and O–H groups in total. The van der Waals surface area contributed by atoms with Crippen LogP contribution in [0.1, 0.15) is 19.3 Å². The van der Waals surface area contributed by atoms with Crippen molar-refractivity contribution >= 4 is 0 Å². The van der Waals surface area contributed by atoms with E-state index in [9.17, 15) is 5.11 Å². The Morgan fingerprint density at radius 1 is 1.53 bits per heavy atom. The molecule has 0 saturated carbocycles. The molecule has 2 aliphatic rings. The molecule has 2 fully saturated rings. The molecule has 17 heavy (non-hydrogen) atoms. The van der Waals surface area contributed by atoms with E-state index in [0.29, 0.717) is 31.3 Å². The molecule has 4 atom stereocenters. The minimum absolute atomic E-state index is 0.372. The van der Waals surface area contributed by atoms with Crippen molar-refractivity contribution in [2.75, 3.05) is 6.54 Å². The Hall–Kier alpha value is -0.910. The molecule has 94 valence electrons. The van der Waals surface area contributed by atoms with E-state index < -0.39 is 6.10 Å². The van der Waals surface area contributed by atoms with Crippen LogP contribution in [0.15, 0.2) is 18.5 Å². The van der Waals surface area contributed by atoms with Crippen LogP contribution in [-0.4, -0.2) is 45.8 Å². The lowest BCUT2D eigenvalue weighted by atomic mass is 9.95. The maximum absolute atomic E-state index is 9.89. The standard InChI is InChI=1S/C12H19N3O2/c16-9(8-15-5-1-4-14-15)7-13-11-6-10-2-3-12(11)17-10/h1,4-5,9-13,16H,2-3,6-8H2. The van der Waals surface area contributed by atoms with Gasteiger partial charge >= 0.3 is 0 Å². The maximum Gasteiger partial charge on any atom is 0.0860 e. The minimum atomic E-state index is -0.394. The van der Waals surface area contributed by atoms with Crippen molar-refractivity contribution in [2.24, 2.45) is 0 Å². The van der Waals surface area contributed by atoms with Gasteiger partial charge in [0.2, 0.25) is 0 Å². The summed E-state index contributed by atoms with van der Waals surface area (Å²) in [6, 6.07) is 2.30. The Kier molecular flexibility index (Phi) is 3.13. The van der Waals surface area contributed by atoms with Crippen molar-refractivity contribution in [3.63, 3.8) is 0 Å². The Morgan fingerprint density at radius 3 is 3.12 bits per heavy atom. The predicted octanol–water partition coefficient (Wildman–Crippen LogP) is 0.153. The van der Waals surface area contributed by atoms with Crippen LogP contribution >= 0.6 is 0 Å². The summed E-state index contributed by atoms with van der Waals surface area (Å²) >= 11 is 0. The van der Waals surface area contributed by atoms with Gasteiger partial charge in [-0.1, -0.05) is 0 Å². The Labute approximate surface area is 101 Å². The summed E-state index contributed by atoms with van der Waals surface area (Å²) in [5, 5.41) is 17.4. The van der Waals surface area contributed by atoms with Crippen molar-refractivity contribution in [3.05, 3.63) is 18.5 Å². The van der Waals surface area contributed by atoms with Crippen LogP contribution in [0.4, 0.5) is 0 Å². The number of ether oxygens (including phenoxy) is 1. The molecule has 3 heterocycles. The third-order valence-corrected chi connectivity index (χ3v) is 3.68. The molecule has 0 radical (unpaired) electrons. The van der Waals surface area contributed by atoms with Crippen LogP contribution in [0.3, 0.4) is 0 Å². The molecule has 5 heteroatoms. The van der Waals surface area contributed by atoms with Crippen molar-refractivity contribution < 1.29 is 9.84 Å². The van der Waals surface area contributed by atoms with Crippen LogP contribution in [0.5, 0.6) is 0 Å². The summed E-state index contributed by atoms with van der Waals surface area (Å²) in [6.07, 6.45) is 7.50. The Bertz CT molecular complexity index is 355. The minimum Gasteiger partial charge on any atom is -0.390 e. The zero-order valence-corrected chi connectivity index (χ0v) is 9.83. The molecule has 3 rings (SSSR count). The average Bonchev–Trinajstić information content (AvgIpc) is 3.02. The highest BCUT2D eigenvalue weighted by Crippen LogP contribution is 2.34. The third kappa shape index (κ3) is 2.51. The van der Waals surface area contributed by atoms with E-state index in [2.05, 4.69) is 10.4 Å². The molecule has 0 aliphatic carbocycles. The summed E-state index contributed by atoms with van der Waals surface area (Å²) in [5.74, 6) is 0. The fourth-order valence-electron chi connectivity index (χ4n) is 2.83. The van der Waals surface area contributed by atoms with E-state index in [4.69, 9.17) is 4.74 Å². The van der Waals surface area contributed by atoms with Gasteiger partial charge in [0, 0.05) is 25.0 Å². The quantitative estimate of drug-likeness (QED) is 0.765. The number of aliphatic hydroxyl groups excluding tert-OH is 1. The van der Waals surface area contributed by atoms with Crippen LogP contribution in [0, 0.1) is 0 Å². The van der Waals surface area contributed by atoms with Crippen molar-refractivity contribution in [3.8, 4) is 0 Å². The number of fused-ring (bicyclic) bond motifs is 2. The summed E-state index contributed by atoms with van der Waals surface area (Å²) in [6.45, 7) is 1.15. The van der Waals surface area contributed by atoms with E-state index >= 15 is 0 Å². The number of rotatable bonds is 5. The molecule has 0 aromatic carbocycles. The third-order valence-electron chi connectivity index (χ3n) is 3.68. The highest BCUT2D eigenvalue weighted by atomic mass is 16.5. The maximum atomic E-state index is 9.89. The second kappa shape index (κ2) is 4.76. The number of aliphatic hydroxyl groups is 1. The molecule has 1 aromatic rings. The van der Waals surface area contributed by atoms with Gasteiger partial charge in [-0.25, -0.2) is 0 Å². The fourth-order valence-corrected chi connectivity index (χ4v) is 2.83. The lowest BCUT2D eigenvalue weighted by Crippen LogP contribution is -2.42. The molecule has 4 unspecified atom stereocenters. The SMILES string of the molecule is OC(CNC1CC2CCC1O2)Cn1cccn1. The molecule has 2 bridgehead atoms. The monoisotopic (exact) mass is 237 g/mol. The number of aromatic nitrogens is 2. The van der Waals surface area contributed by atoms with Gasteiger partial charge in [0.25, 0.3) is 0 Å². The van der Waals surface area contributed by atoms with Crippen molar-refractivity contribution in [1.82, 2.24) is 15.1 Å². The van der Waals surface area contributed by atoms with Gasteiger partial charge in [-0.3, -0.25) is 4.68 Å². The average molecular weight is 237 g/mol. The lowest BCUT2D eigenvalue weighted by Gasteiger charge is -2.21. The molecule has 2 aliphatic heterocycles. The Balaban J connectivity index is 1.42. The van der Waals surface area contributed by atoms with Gasteiger partial charge in [-0.2, -0.15) is 5.10 Å². The van der Waals surface area contributed by atoms with E-state index in [-0.39, 0.29) is 0 Å². The second-order valence-corrected chi connectivity index (χ2v) is 5.01. The first-order valence-electron chi connectivity index (χ1n) is 6.35. The van der Waals surface area contributed by atoms with E-state index in [1.54, 1.807) is 10.9 Å². The topological polar surface area (TPSA) is 59.3 Å². The first-order valence-corrected chi connectivity index (χ1v) is 6.35. The van der Waals surface area contributed by atoms with Crippen LogP contribution in [0.2, 0.25) is 0 Å². The largest absolute Gasteiger partial charge is 0.390 e. The van der Waals surface area contributed by atoms with Crippen LogP contribution in [0.25, 0.3) is 0 Å². The smallest absolute Gasteiger partial charge is 0.0860 e. The Morgan fingerprint density at radius 2 is 2.47 bits per heavy atom. The lowest BCUT2D eigenvalue weighted by molar-refractivity contribution is 0.0926. The predicted molar refractivity (Wildman–Crippen MR) is 62.5 cm³/mol. The second-order valence-electron chi connectivity index (χ2n) is 5.01. The molecule has 0 amide bonds. The molecule has 0 spiro atoms. The normalized spacial score (nSPS) is 33.1. The molecule has 5 nitrogen and oxygen atoms in total. The summed E-state index contributed by atoms with van der Waals surface area (Å²) in [5.41, 5.74) is 0. The first kappa shape index (κ1) is 11.2. The number of nitrogens with zero attached hydrogens (tertiary/aromatic N) is 2. The van der Waals surface area contributed by atoms with Gasteiger partial charge in [-0.15, -0.1) is 0 Å². The van der Waals surface area contributed by atoms with Gasteiger partial charge < -0.3 is 15.2 Å². The van der Waals surface area contributed by atoms with E-state index in [0.717, 1.165) is 12.8 Å². The number of hydrogen-bond donors (Lipinski definition) is 2. The highest BCUT2D eigenvalue weighted by Gasteiger charge is 2.40. The van der Waals surface area contributed by atoms with Gasteiger partial charge in [0.1, 0.15) is 0 Å². The summed E-state index contributed by atoms with van der Waals surface area (Å²) < 4.78 is 7.51. The van der Waals surface area contributed by atoms with E-state index in [1.165, 1.54) is 6.42 Å². The van der Waals surface area contributed by atoms with Crippen molar-refractivity contribution in [1.29, 1.82) is 0 Å². The number of nitrogens with one attached hydrogen (secondary N) is 1. The zero-order chi connectivity index (χ0) is 11.7. The number of hydrogen-bond acceptors (Lipinski definition) is 4. The van der Waals surface area contributed by atoms with Crippen LogP contribution in [-0.2, 0) is 11.3 Å². The summed E-state index contributed by atoms with van der Waals surface area (Å²) in [7, 11) is 0. The fraction of sp³-hybridized carbons (Fsp3) is 0.750. The molecular weight excluding hydrogens is 218 g/mol. The van der Waals surface area contributed by atoms with Gasteiger partial charge in [0.05, 0.1) is 24.9 Å². The molecule has 2 saturated heterocycles. The highest BCUT2D eigenvalue weighted by molar-refractivity contribution is 4.94. The van der Waals surface area contributed by atoms with Gasteiger partial charge in [0.15, 0.2) is 0 Å². The molecular formula is C12H19N3O2. The van der Waals surface area contributed by atoms with Crippen LogP contribution < -0.4 is 5.32 Å².